The van der Waals surface area contributed by atoms with Crippen LogP contribution in [-0.2, 0) is 6.42 Å². The number of para-hydroxylation sites is 1. The highest BCUT2D eigenvalue weighted by molar-refractivity contribution is 9.10. The van der Waals surface area contributed by atoms with Gasteiger partial charge < -0.3 is 14.2 Å². The molecule has 0 spiro atoms. The highest BCUT2D eigenvalue weighted by Gasteiger charge is 2.31. The Morgan fingerprint density at radius 3 is 2.86 bits per heavy atom. The molecule has 21 heavy (non-hydrogen) atoms. The molecule has 2 aliphatic rings. The van der Waals surface area contributed by atoms with Gasteiger partial charge in [0.2, 0.25) is 0 Å². The maximum Gasteiger partial charge on any atom is 0.294 e. The van der Waals surface area contributed by atoms with Gasteiger partial charge in [-0.15, -0.1) is 0 Å². The van der Waals surface area contributed by atoms with Crippen molar-refractivity contribution in [3.8, 4) is 0 Å². The first kappa shape index (κ1) is 13.0. The molecule has 0 saturated heterocycles. The van der Waals surface area contributed by atoms with Crippen LogP contribution in [0, 0.1) is 0 Å². The van der Waals surface area contributed by atoms with Gasteiger partial charge in [-0.05, 0) is 52.5 Å². The molecule has 108 valence electrons. The third-order valence-corrected chi connectivity index (χ3v) is 4.63. The lowest BCUT2D eigenvalue weighted by Crippen LogP contribution is -2.46. The molecule has 0 N–H and O–H groups in total. The molecule has 0 bridgehead atoms. The maximum absolute atomic E-state index is 12.7. The van der Waals surface area contributed by atoms with Crippen LogP contribution in [0.4, 0.5) is 11.4 Å². The van der Waals surface area contributed by atoms with Crippen LogP contribution in [0.3, 0.4) is 0 Å². The summed E-state index contributed by atoms with van der Waals surface area (Å²) < 4.78 is 6.01. The topological polar surface area (TPSA) is 36.7 Å². The first-order valence-corrected chi connectivity index (χ1v) is 7.97. The minimum absolute atomic E-state index is 0.0701. The van der Waals surface area contributed by atoms with E-state index in [2.05, 4.69) is 26.9 Å². The molecule has 0 radical (unpaired) electrons. The van der Waals surface area contributed by atoms with Crippen LogP contribution in [0.2, 0.25) is 0 Å². The second-order valence-corrected chi connectivity index (χ2v) is 6.22. The van der Waals surface area contributed by atoms with Gasteiger partial charge in [0.1, 0.15) is 0 Å². The first-order valence-electron chi connectivity index (χ1n) is 7.18. The summed E-state index contributed by atoms with van der Waals surface area (Å²) in [6, 6.07) is 9.72. The molecule has 1 aromatic carbocycles. The Labute approximate surface area is 131 Å². The summed E-state index contributed by atoms with van der Waals surface area (Å²) in [5.74, 6) is 0.308. The van der Waals surface area contributed by atoms with Crippen molar-refractivity contribution in [1.82, 2.24) is 0 Å². The van der Waals surface area contributed by atoms with Crippen molar-refractivity contribution in [3.05, 3.63) is 46.3 Å². The van der Waals surface area contributed by atoms with Crippen LogP contribution in [-0.4, -0.2) is 25.5 Å². The number of nitrogens with zero attached hydrogens (tertiary/aromatic N) is 2. The van der Waals surface area contributed by atoms with Gasteiger partial charge in [-0.2, -0.15) is 0 Å². The molecule has 0 aliphatic carbocycles. The van der Waals surface area contributed by atoms with E-state index in [1.54, 1.807) is 12.1 Å². The molecular weight excluding hydrogens is 332 g/mol. The van der Waals surface area contributed by atoms with Gasteiger partial charge in [0, 0.05) is 19.6 Å². The van der Waals surface area contributed by atoms with Gasteiger partial charge in [-0.1, -0.05) is 12.1 Å². The highest BCUT2D eigenvalue weighted by Crippen LogP contribution is 2.39. The third kappa shape index (κ3) is 2.07. The summed E-state index contributed by atoms with van der Waals surface area (Å²) in [4.78, 5) is 16.9. The standard InChI is InChI=1S/C16H15BrN2O2/c17-14-7-6-13(21-14)16(20)19-10-9-18-8-2-4-11-3-1-5-12(19)15(11)18/h1,3,5-7H,2,4,8-10H2. The molecule has 2 aliphatic heterocycles. The SMILES string of the molecule is O=C(c1ccc(Br)o1)N1CCN2CCCc3cccc1c32. The molecule has 1 aromatic heterocycles. The zero-order chi connectivity index (χ0) is 14.4. The first-order chi connectivity index (χ1) is 10.2. The van der Waals surface area contributed by atoms with E-state index >= 15 is 0 Å². The minimum Gasteiger partial charge on any atom is -0.444 e. The Balaban J connectivity index is 1.77. The molecule has 2 aromatic rings. The Kier molecular flexibility index (Phi) is 3.03. The summed E-state index contributed by atoms with van der Waals surface area (Å²) in [6.45, 7) is 2.67. The quantitative estimate of drug-likeness (QED) is 0.793. The monoisotopic (exact) mass is 346 g/mol. The number of benzene rings is 1. The van der Waals surface area contributed by atoms with Crippen LogP contribution < -0.4 is 9.80 Å². The van der Waals surface area contributed by atoms with Crippen LogP contribution in [0.25, 0.3) is 0 Å². The normalized spacial score (nSPS) is 16.8. The van der Waals surface area contributed by atoms with E-state index in [9.17, 15) is 4.79 Å². The van der Waals surface area contributed by atoms with E-state index in [1.807, 2.05) is 17.0 Å². The smallest absolute Gasteiger partial charge is 0.294 e. The van der Waals surface area contributed by atoms with E-state index in [4.69, 9.17) is 4.42 Å². The fraction of sp³-hybridized carbons (Fsp3) is 0.312. The molecule has 3 heterocycles. The minimum atomic E-state index is -0.0701. The van der Waals surface area contributed by atoms with Crippen molar-refractivity contribution in [3.63, 3.8) is 0 Å². The largest absolute Gasteiger partial charge is 0.444 e. The average molecular weight is 347 g/mol. The lowest BCUT2D eigenvalue weighted by atomic mass is 9.98. The Bertz CT molecular complexity index is 710. The lowest BCUT2D eigenvalue weighted by molar-refractivity contribution is 0.0958. The summed E-state index contributed by atoms with van der Waals surface area (Å²) in [6.07, 6.45) is 2.28. The van der Waals surface area contributed by atoms with Gasteiger partial charge in [0.25, 0.3) is 5.91 Å². The van der Waals surface area contributed by atoms with Gasteiger partial charge in [-0.3, -0.25) is 4.79 Å². The molecule has 0 atom stereocenters. The summed E-state index contributed by atoms with van der Waals surface area (Å²) in [5, 5.41) is 0. The fourth-order valence-electron chi connectivity index (χ4n) is 3.27. The van der Waals surface area contributed by atoms with Crippen molar-refractivity contribution < 1.29 is 9.21 Å². The number of aryl methyl sites for hydroxylation is 1. The maximum atomic E-state index is 12.7. The van der Waals surface area contributed by atoms with Gasteiger partial charge in [0.05, 0.1) is 11.4 Å². The number of anilines is 2. The summed E-state index contributed by atoms with van der Waals surface area (Å²) >= 11 is 3.25. The van der Waals surface area contributed by atoms with Crippen molar-refractivity contribution in [2.75, 3.05) is 29.4 Å². The zero-order valence-corrected chi connectivity index (χ0v) is 13.1. The van der Waals surface area contributed by atoms with Gasteiger partial charge in [-0.25, -0.2) is 0 Å². The number of carbonyl (C=O) groups is 1. The second kappa shape index (κ2) is 4.91. The van der Waals surface area contributed by atoms with E-state index in [0.717, 1.165) is 25.2 Å². The second-order valence-electron chi connectivity index (χ2n) is 5.44. The van der Waals surface area contributed by atoms with E-state index < -0.39 is 0 Å². The van der Waals surface area contributed by atoms with Crippen molar-refractivity contribution in [1.29, 1.82) is 0 Å². The Morgan fingerprint density at radius 2 is 2.05 bits per heavy atom. The average Bonchev–Trinajstić information content (AvgIpc) is 2.94. The fourth-order valence-corrected chi connectivity index (χ4v) is 3.58. The molecule has 4 nitrogen and oxygen atoms in total. The van der Waals surface area contributed by atoms with E-state index in [1.165, 1.54) is 17.7 Å². The summed E-state index contributed by atoms with van der Waals surface area (Å²) in [7, 11) is 0. The van der Waals surface area contributed by atoms with E-state index in [0.29, 0.717) is 17.0 Å². The van der Waals surface area contributed by atoms with Crippen LogP contribution in [0.5, 0.6) is 0 Å². The van der Waals surface area contributed by atoms with Crippen LogP contribution in [0.1, 0.15) is 22.5 Å². The van der Waals surface area contributed by atoms with Gasteiger partial charge in [0.15, 0.2) is 10.4 Å². The molecule has 5 heteroatoms. The molecule has 0 saturated carbocycles. The third-order valence-electron chi connectivity index (χ3n) is 4.20. The number of amides is 1. The van der Waals surface area contributed by atoms with Gasteiger partial charge >= 0.3 is 0 Å². The van der Waals surface area contributed by atoms with Crippen LogP contribution >= 0.6 is 15.9 Å². The van der Waals surface area contributed by atoms with Crippen molar-refractivity contribution in [2.24, 2.45) is 0 Å². The number of rotatable bonds is 1. The number of halogens is 1. The predicted molar refractivity (Wildman–Crippen MR) is 85.1 cm³/mol. The number of hydrogen-bond donors (Lipinski definition) is 0. The molecule has 0 fully saturated rings. The molecule has 4 rings (SSSR count). The lowest BCUT2D eigenvalue weighted by Gasteiger charge is -2.41. The molecule has 0 unspecified atom stereocenters. The zero-order valence-electron chi connectivity index (χ0n) is 11.5. The molecule has 1 amide bonds. The predicted octanol–water partition coefficient (Wildman–Crippen LogP) is 3.46. The Hall–Kier alpha value is -1.75. The Morgan fingerprint density at radius 1 is 1.14 bits per heavy atom. The molecular formula is C16H15BrN2O2. The summed E-state index contributed by atoms with van der Waals surface area (Å²) in [5.41, 5.74) is 3.59. The number of furan rings is 1. The number of carbonyl (C=O) groups excluding carboxylic acids is 1. The number of hydrogen-bond acceptors (Lipinski definition) is 3. The van der Waals surface area contributed by atoms with E-state index in [-0.39, 0.29) is 5.91 Å². The van der Waals surface area contributed by atoms with Crippen LogP contribution in [0.15, 0.2) is 39.4 Å². The highest BCUT2D eigenvalue weighted by atomic mass is 79.9. The van der Waals surface area contributed by atoms with Crippen molar-refractivity contribution >= 4 is 33.2 Å². The van der Waals surface area contributed by atoms with Crippen molar-refractivity contribution in [2.45, 2.75) is 12.8 Å².